The smallest absolute Gasteiger partial charge is 0.411 e. The Morgan fingerprint density at radius 1 is 0.535 bits per heavy atom. The van der Waals surface area contributed by atoms with Gasteiger partial charge in [0.2, 0.25) is 5.91 Å². The number of aliphatic carboxylic acids is 1. The largest absolute Gasteiger partial charge is 0.480 e. The van der Waals surface area contributed by atoms with Crippen LogP contribution >= 0.6 is 0 Å². The number of ether oxygens (including phenoxy) is 2. The maximum Gasteiger partial charge on any atom is 0.411 e. The summed E-state index contributed by atoms with van der Waals surface area (Å²) >= 11 is 0. The lowest BCUT2D eigenvalue weighted by atomic mass is 9.97. The van der Waals surface area contributed by atoms with Crippen LogP contribution in [0.3, 0.4) is 0 Å². The summed E-state index contributed by atoms with van der Waals surface area (Å²) < 4.78 is 10.8. The Kier molecular flexibility index (Phi) is 25.2. The molecule has 4 N–H and O–H groups in total. The SMILES string of the molecule is CC(C)(C)OC(=O)N1CCCCC1C(=O)NC(CCCc1ccccc1)CCCc1ccccc1.CC(C)(C)OC(=O)N1CCCCC1C(=O)O.NC(CCCc1ccccc1)CCCc1ccccc1. The number of carboxylic acid groups (broad SMARTS) is 1. The highest BCUT2D eigenvalue weighted by atomic mass is 16.6. The number of amides is 3. The summed E-state index contributed by atoms with van der Waals surface area (Å²) in [7, 11) is 0. The van der Waals surface area contributed by atoms with Crippen LogP contribution in [0, 0.1) is 0 Å². The van der Waals surface area contributed by atoms with Gasteiger partial charge < -0.3 is 25.6 Å². The number of hydrogen-bond acceptors (Lipinski definition) is 7. The van der Waals surface area contributed by atoms with Gasteiger partial charge in [0, 0.05) is 25.2 Å². The maximum absolute atomic E-state index is 13.4. The van der Waals surface area contributed by atoms with Crippen molar-refractivity contribution in [3.63, 3.8) is 0 Å². The fraction of sp³-hybridized carbons (Fsp3) is 0.533. The van der Waals surface area contributed by atoms with Gasteiger partial charge in [-0.25, -0.2) is 14.4 Å². The Morgan fingerprint density at radius 2 is 0.859 bits per heavy atom. The fourth-order valence-electron chi connectivity index (χ4n) is 9.02. The van der Waals surface area contributed by atoms with E-state index in [4.69, 9.17) is 20.3 Å². The molecule has 2 unspecified atom stereocenters. The van der Waals surface area contributed by atoms with E-state index in [1.54, 1.807) is 25.7 Å². The second-order valence-electron chi connectivity index (χ2n) is 21.2. The first-order chi connectivity index (χ1) is 34.0. The summed E-state index contributed by atoms with van der Waals surface area (Å²) in [5, 5.41) is 12.3. The van der Waals surface area contributed by atoms with E-state index in [0.29, 0.717) is 32.0 Å². The average Bonchev–Trinajstić information content (AvgIpc) is 3.34. The normalized spacial score (nSPS) is 16.0. The predicted molar refractivity (Wildman–Crippen MR) is 286 cm³/mol. The van der Waals surface area contributed by atoms with Gasteiger partial charge in [-0.2, -0.15) is 0 Å². The van der Waals surface area contributed by atoms with Crippen molar-refractivity contribution in [2.24, 2.45) is 5.73 Å². The van der Waals surface area contributed by atoms with E-state index in [2.05, 4.69) is 115 Å². The molecule has 0 bridgehead atoms. The molecule has 0 aromatic heterocycles. The molecule has 0 aliphatic carbocycles. The molecule has 4 aromatic carbocycles. The van der Waals surface area contributed by atoms with Crippen LogP contribution in [-0.2, 0) is 44.7 Å². The van der Waals surface area contributed by atoms with Crippen molar-refractivity contribution in [2.45, 2.75) is 192 Å². The lowest BCUT2D eigenvalue weighted by molar-refractivity contribution is -0.144. The first-order valence-electron chi connectivity index (χ1n) is 26.4. The Balaban J connectivity index is 0.000000256. The van der Waals surface area contributed by atoms with E-state index in [-0.39, 0.29) is 18.0 Å². The standard InChI is InChI=1S/C30H42N2O3.C19H25N.C11H19NO4/c1-30(2,3)35-29(34)32-23-11-10-22-27(32)28(33)31-26(20-12-18-24-14-6-4-7-15-24)21-13-19-25-16-8-5-9-17-25;20-19(15-7-13-17-9-3-1-4-10-17)16-8-14-18-11-5-2-6-12-18;1-11(2,3)16-10(15)12-7-5-4-6-8(12)9(13)14/h4-9,14-17,26-27H,10-13,18-23H2,1-3H3,(H,31,33);1-6,9-12,19H,7-8,13-16,20H2;8H,4-7H2,1-3H3,(H,13,14). The van der Waals surface area contributed by atoms with Crippen molar-refractivity contribution in [2.75, 3.05) is 13.1 Å². The van der Waals surface area contributed by atoms with Crippen molar-refractivity contribution in [3.8, 4) is 0 Å². The molecule has 2 saturated heterocycles. The minimum Gasteiger partial charge on any atom is -0.480 e. The number of benzene rings is 4. The first kappa shape index (κ1) is 57.9. The van der Waals surface area contributed by atoms with Crippen molar-refractivity contribution in [1.82, 2.24) is 15.1 Å². The summed E-state index contributed by atoms with van der Waals surface area (Å²) in [6.07, 6.45) is 16.6. The molecule has 2 heterocycles. The number of carboxylic acids is 1. The molecule has 11 nitrogen and oxygen atoms in total. The number of piperidine rings is 2. The number of rotatable bonds is 19. The maximum atomic E-state index is 13.4. The number of aryl methyl sites for hydroxylation is 4. The van der Waals surface area contributed by atoms with Gasteiger partial charge in [-0.05, 0) is 179 Å². The highest BCUT2D eigenvalue weighted by Gasteiger charge is 2.36. The lowest BCUT2D eigenvalue weighted by Crippen LogP contribution is -2.54. The van der Waals surface area contributed by atoms with Gasteiger partial charge in [-0.15, -0.1) is 0 Å². The van der Waals surface area contributed by atoms with Crippen LogP contribution in [-0.4, -0.2) is 87.4 Å². The van der Waals surface area contributed by atoms with Crippen LogP contribution in [0.1, 0.15) is 154 Å². The monoisotopic (exact) mass is 975 g/mol. The molecule has 0 spiro atoms. The molecule has 4 aromatic rings. The number of carbonyl (C=O) groups excluding carboxylic acids is 3. The van der Waals surface area contributed by atoms with Crippen LogP contribution in [0.15, 0.2) is 121 Å². The molecule has 2 aliphatic heterocycles. The Hall–Kier alpha value is -5.68. The van der Waals surface area contributed by atoms with E-state index in [9.17, 15) is 19.2 Å². The molecular formula is C60H86N4O7. The third kappa shape index (κ3) is 23.9. The van der Waals surface area contributed by atoms with E-state index in [1.165, 1.54) is 40.0 Å². The van der Waals surface area contributed by atoms with Gasteiger partial charge >= 0.3 is 18.2 Å². The predicted octanol–water partition coefficient (Wildman–Crippen LogP) is 12.5. The topological polar surface area (TPSA) is 152 Å². The molecule has 2 fully saturated rings. The zero-order valence-electron chi connectivity index (χ0n) is 43.9. The Morgan fingerprint density at radius 3 is 1.20 bits per heavy atom. The number of carbonyl (C=O) groups is 4. The zero-order chi connectivity index (χ0) is 51.5. The van der Waals surface area contributed by atoms with E-state index < -0.39 is 35.3 Å². The zero-order valence-corrected chi connectivity index (χ0v) is 43.9. The number of nitrogens with one attached hydrogen (secondary N) is 1. The third-order valence-corrected chi connectivity index (χ3v) is 12.7. The number of likely N-dealkylation sites (tertiary alicyclic amines) is 2. The summed E-state index contributed by atoms with van der Waals surface area (Å²) in [6.45, 7) is 11.9. The second-order valence-corrected chi connectivity index (χ2v) is 21.2. The van der Waals surface area contributed by atoms with Gasteiger partial charge in [-0.1, -0.05) is 121 Å². The fourth-order valence-corrected chi connectivity index (χ4v) is 9.02. The minimum atomic E-state index is -0.953. The van der Waals surface area contributed by atoms with Gasteiger partial charge in [-0.3, -0.25) is 14.6 Å². The number of nitrogens with two attached hydrogens (primary N) is 1. The van der Waals surface area contributed by atoms with E-state index >= 15 is 0 Å². The summed E-state index contributed by atoms with van der Waals surface area (Å²) in [5.41, 5.74) is 10.5. The van der Waals surface area contributed by atoms with Crippen molar-refractivity contribution in [3.05, 3.63) is 144 Å². The molecule has 71 heavy (non-hydrogen) atoms. The average molecular weight is 975 g/mol. The van der Waals surface area contributed by atoms with E-state index in [0.717, 1.165) is 89.9 Å². The van der Waals surface area contributed by atoms with Gasteiger partial charge in [0.05, 0.1) is 0 Å². The third-order valence-electron chi connectivity index (χ3n) is 12.7. The lowest BCUT2D eigenvalue weighted by Gasteiger charge is -2.36. The van der Waals surface area contributed by atoms with Crippen molar-refractivity contribution < 1.29 is 33.8 Å². The van der Waals surface area contributed by atoms with Gasteiger partial charge in [0.1, 0.15) is 23.3 Å². The van der Waals surface area contributed by atoms with E-state index in [1.807, 2.05) is 32.9 Å². The number of hydrogen-bond donors (Lipinski definition) is 3. The molecule has 3 amide bonds. The summed E-state index contributed by atoms with van der Waals surface area (Å²) in [6, 6.07) is 41.6. The highest BCUT2D eigenvalue weighted by Crippen LogP contribution is 2.23. The highest BCUT2D eigenvalue weighted by molar-refractivity contribution is 5.86. The molecule has 2 aliphatic rings. The Bertz CT molecular complexity index is 2020. The second kappa shape index (κ2) is 30.9. The van der Waals surface area contributed by atoms with Crippen LogP contribution in [0.2, 0.25) is 0 Å². The molecule has 2 atom stereocenters. The molecular weight excluding hydrogens is 889 g/mol. The first-order valence-corrected chi connectivity index (χ1v) is 26.4. The Labute approximate surface area is 426 Å². The van der Waals surface area contributed by atoms with Crippen molar-refractivity contribution >= 4 is 24.1 Å². The quantitative estimate of drug-likeness (QED) is 0.0840. The van der Waals surface area contributed by atoms with Crippen molar-refractivity contribution in [1.29, 1.82) is 0 Å². The molecule has 0 saturated carbocycles. The number of nitrogens with zero attached hydrogens (tertiary/aromatic N) is 2. The van der Waals surface area contributed by atoms with Crippen LogP contribution < -0.4 is 11.1 Å². The van der Waals surface area contributed by atoms with Crippen LogP contribution in [0.4, 0.5) is 9.59 Å². The van der Waals surface area contributed by atoms with Gasteiger partial charge in [0.15, 0.2) is 0 Å². The molecule has 11 heteroatoms. The van der Waals surface area contributed by atoms with Gasteiger partial charge in [0.25, 0.3) is 0 Å². The summed E-state index contributed by atoms with van der Waals surface area (Å²) in [4.78, 5) is 51.9. The van der Waals surface area contributed by atoms with Crippen LogP contribution in [0.25, 0.3) is 0 Å². The summed E-state index contributed by atoms with van der Waals surface area (Å²) in [5.74, 6) is -0.995. The van der Waals surface area contributed by atoms with Crippen LogP contribution in [0.5, 0.6) is 0 Å². The molecule has 6 rings (SSSR count). The molecule has 0 radical (unpaired) electrons. The molecule has 388 valence electrons. The minimum absolute atomic E-state index is 0.0417.